The molecule has 3 amide bonds. The van der Waals surface area contributed by atoms with Crippen LogP contribution in [0.15, 0.2) is 65.6 Å². The van der Waals surface area contributed by atoms with Crippen molar-refractivity contribution >= 4 is 27.9 Å². The number of carbonyl (C=O) groups is 2. The molecule has 1 aliphatic rings. The Kier molecular flexibility index (Phi) is 5.38. The summed E-state index contributed by atoms with van der Waals surface area (Å²) in [6, 6.07) is 14.8. The second-order valence-electron chi connectivity index (χ2n) is 6.87. The zero-order valence-electron chi connectivity index (χ0n) is 15.9. The van der Waals surface area contributed by atoms with Gasteiger partial charge in [0.25, 0.3) is 5.91 Å². The van der Waals surface area contributed by atoms with Gasteiger partial charge in [-0.2, -0.15) is 0 Å². The highest BCUT2D eigenvalue weighted by molar-refractivity contribution is 7.90. The minimum Gasteiger partial charge on any atom is -0.322 e. The van der Waals surface area contributed by atoms with Crippen LogP contribution >= 0.6 is 0 Å². The molecule has 0 N–H and O–H groups in total. The van der Waals surface area contributed by atoms with Gasteiger partial charge in [0.05, 0.1) is 17.0 Å². The normalized spacial score (nSPS) is 20.2. The van der Waals surface area contributed by atoms with E-state index in [9.17, 15) is 18.0 Å². The van der Waals surface area contributed by atoms with Crippen LogP contribution in [-0.2, 0) is 14.6 Å². The molecular weight excluding hydrogens is 376 g/mol. The molecule has 1 unspecified atom stereocenters. The number of hydrogen-bond donors (Lipinski definition) is 0. The van der Waals surface area contributed by atoms with Crippen molar-refractivity contribution in [3.8, 4) is 0 Å². The Morgan fingerprint density at radius 1 is 1.04 bits per heavy atom. The van der Waals surface area contributed by atoms with E-state index in [1.165, 1.54) is 23.1 Å². The summed E-state index contributed by atoms with van der Waals surface area (Å²) in [7, 11) is -1.59. The molecule has 0 saturated carbocycles. The van der Waals surface area contributed by atoms with E-state index in [2.05, 4.69) is 0 Å². The molecule has 2 aromatic carbocycles. The quantitative estimate of drug-likeness (QED) is 0.742. The van der Waals surface area contributed by atoms with Crippen LogP contribution in [0.3, 0.4) is 0 Å². The number of urea groups is 1. The molecule has 0 radical (unpaired) electrons. The van der Waals surface area contributed by atoms with Gasteiger partial charge in [0.1, 0.15) is 0 Å². The summed E-state index contributed by atoms with van der Waals surface area (Å²) in [5.74, 6) is -0.415. The first kappa shape index (κ1) is 19.8. The highest BCUT2D eigenvalue weighted by Crippen LogP contribution is 2.34. The third-order valence-electron chi connectivity index (χ3n) is 4.96. The highest BCUT2D eigenvalue weighted by atomic mass is 32.2. The monoisotopic (exact) mass is 398 g/mol. The van der Waals surface area contributed by atoms with E-state index in [4.69, 9.17) is 0 Å². The number of likely N-dealkylation sites (N-methyl/N-ethyl adjacent to an activating group) is 1. The molecule has 1 heterocycles. The third-order valence-corrected chi connectivity index (χ3v) is 6.09. The topological polar surface area (TPSA) is 74.8 Å². The van der Waals surface area contributed by atoms with Crippen molar-refractivity contribution < 1.29 is 18.0 Å². The van der Waals surface area contributed by atoms with Crippen molar-refractivity contribution in [2.45, 2.75) is 23.9 Å². The molecule has 0 aromatic heterocycles. The molecule has 6 nitrogen and oxygen atoms in total. The largest absolute Gasteiger partial charge is 0.327 e. The number of sulfone groups is 1. The molecular formula is C21H22N2O4S. The average Bonchev–Trinajstić information content (AvgIpc) is 2.90. The van der Waals surface area contributed by atoms with Crippen LogP contribution in [0.25, 0.3) is 6.08 Å². The SMILES string of the molecule is C[C@H]1C(c2ccccc2)N(C(=O)/C=C/c2ccc(S(C)(=O)=O)cc2)C(=O)N1C. The summed E-state index contributed by atoms with van der Waals surface area (Å²) < 4.78 is 23.1. The van der Waals surface area contributed by atoms with Crippen LogP contribution in [0.2, 0.25) is 0 Å². The maximum Gasteiger partial charge on any atom is 0.327 e. The number of amides is 3. The second-order valence-corrected chi connectivity index (χ2v) is 8.89. The lowest BCUT2D eigenvalue weighted by atomic mass is 10.0. The van der Waals surface area contributed by atoms with Crippen LogP contribution in [-0.4, -0.2) is 49.5 Å². The molecule has 28 heavy (non-hydrogen) atoms. The van der Waals surface area contributed by atoms with Crippen LogP contribution in [0.1, 0.15) is 24.1 Å². The summed E-state index contributed by atoms with van der Waals surface area (Å²) >= 11 is 0. The number of hydrogen-bond acceptors (Lipinski definition) is 4. The van der Waals surface area contributed by atoms with Gasteiger partial charge in [0.2, 0.25) is 0 Å². The van der Waals surface area contributed by atoms with E-state index in [1.54, 1.807) is 30.2 Å². The van der Waals surface area contributed by atoms with E-state index >= 15 is 0 Å². The number of rotatable bonds is 4. The van der Waals surface area contributed by atoms with Crippen LogP contribution < -0.4 is 0 Å². The molecule has 0 spiro atoms. The van der Waals surface area contributed by atoms with Crippen molar-refractivity contribution in [3.05, 3.63) is 71.8 Å². The van der Waals surface area contributed by atoms with E-state index in [-0.39, 0.29) is 23.0 Å². The lowest BCUT2D eigenvalue weighted by molar-refractivity contribution is -0.124. The summed E-state index contributed by atoms with van der Waals surface area (Å²) in [6.45, 7) is 1.91. The van der Waals surface area contributed by atoms with Crippen LogP contribution in [0.5, 0.6) is 0 Å². The van der Waals surface area contributed by atoms with Crippen molar-refractivity contribution in [2.24, 2.45) is 0 Å². The summed E-state index contributed by atoms with van der Waals surface area (Å²) in [6.07, 6.45) is 4.06. The van der Waals surface area contributed by atoms with Gasteiger partial charge in [-0.3, -0.25) is 9.69 Å². The maximum absolute atomic E-state index is 12.8. The Balaban J connectivity index is 1.85. The fourth-order valence-corrected chi connectivity index (χ4v) is 3.90. The minimum absolute atomic E-state index is 0.152. The molecule has 1 saturated heterocycles. The van der Waals surface area contributed by atoms with Crippen molar-refractivity contribution in [1.29, 1.82) is 0 Å². The van der Waals surface area contributed by atoms with Crippen LogP contribution in [0, 0.1) is 0 Å². The van der Waals surface area contributed by atoms with Gasteiger partial charge in [-0.15, -0.1) is 0 Å². The van der Waals surface area contributed by atoms with Crippen LogP contribution in [0.4, 0.5) is 4.79 Å². The second kappa shape index (κ2) is 7.59. The van der Waals surface area contributed by atoms with E-state index in [0.29, 0.717) is 5.56 Å². The highest BCUT2D eigenvalue weighted by Gasteiger charge is 2.44. The third kappa shape index (κ3) is 3.84. The molecule has 146 valence electrons. The van der Waals surface area contributed by atoms with E-state index in [0.717, 1.165) is 11.8 Å². The molecule has 1 aliphatic heterocycles. The summed E-state index contributed by atoms with van der Waals surface area (Å²) in [4.78, 5) is 28.5. The maximum atomic E-state index is 12.8. The number of imide groups is 1. The van der Waals surface area contributed by atoms with Crippen molar-refractivity contribution in [2.75, 3.05) is 13.3 Å². The Bertz CT molecular complexity index is 1010. The van der Waals surface area contributed by atoms with Gasteiger partial charge in [0.15, 0.2) is 9.84 Å². The molecule has 0 bridgehead atoms. The van der Waals surface area contributed by atoms with Gasteiger partial charge >= 0.3 is 6.03 Å². The molecule has 0 aliphatic carbocycles. The minimum atomic E-state index is -3.27. The lowest BCUT2D eigenvalue weighted by Gasteiger charge is -2.23. The molecule has 1 fully saturated rings. The van der Waals surface area contributed by atoms with Gasteiger partial charge in [-0.25, -0.2) is 13.2 Å². The molecule has 2 atom stereocenters. The average molecular weight is 398 g/mol. The zero-order chi connectivity index (χ0) is 20.5. The first-order valence-corrected chi connectivity index (χ1v) is 10.7. The van der Waals surface area contributed by atoms with Gasteiger partial charge < -0.3 is 4.90 Å². The van der Waals surface area contributed by atoms with Gasteiger partial charge in [-0.1, -0.05) is 42.5 Å². The molecule has 3 rings (SSSR count). The Labute approximate surface area is 165 Å². The molecule has 2 aromatic rings. The lowest BCUT2D eigenvalue weighted by Crippen LogP contribution is -2.35. The predicted molar refractivity (Wildman–Crippen MR) is 107 cm³/mol. The number of benzene rings is 2. The standard InChI is InChI=1S/C21H22N2O4S/c1-15-20(17-7-5-4-6-8-17)23(21(25)22(15)2)19(24)14-11-16-9-12-18(13-10-16)28(3,26)27/h4-15,20H,1-3H3/b14-11+/t15-,20?/m0/s1. The molecule has 7 heteroatoms. The summed E-state index contributed by atoms with van der Waals surface area (Å²) in [5, 5.41) is 0. The zero-order valence-corrected chi connectivity index (χ0v) is 16.8. The van der Waals surface area contributed by atoms with Crippen molar-refractivity contribution in [1.82, 2.24) is 9.80 Å². The first-order valence-electron chi connectivity index (χ1n) is 8.83. The van der Waals surface area contributed by atoms with Gasteiger partial charge in [0, 0.05) is 19.4 Å². The predicted octanol–water partition coefficient (Wildman–Crippen LogP) is 3.13. The Morgan fingerprint density at radius 2 is 1.64 bits per heavy atom. The first-order chi connectivity index (χ1) is 13.2. The van der Waals surface area contributed by atoms with Gasteiger partial charge in [-0.05, 0) is 36.3 Å². The summed E-state index contributed by atoms with van der Waals surface area (Å²) in [5.41, 5.74) is 1.57. The number of carbonyl (C=O) groups excluding carboxylic acids is 2. The Hall–Kier alpha value is -2.93. The van der Waals surface area contributed by atoms with E-state index < -0.39 is 15.7 Å². The number of nitrogens with zero attached hydrogens (tertiary/aromatic N) is 2. The van der Waals surface area contributed by atoms with E-state index in [1.807, 2.05) is 37.3 Å². The fourth-order valence-electron chi connectivity index (χ4n) is 3.27. The smallest absolute Gasteiger partial charge is 0.322 e. The Morgan fingerprint density at radius 3 is 2.21 bits per heavy atom. The van der Waals surface area contributed by atoms with Crippen molar-refractivity contribution in [3.63, 3.8) is 0 Å². The fraction of sp³-hybridized carbons (Fsp3) is 0.238.